The van der Waals surface area contributed by atoms with E-state index >= 15 is 0 Å². The molecule has 0 aliphatic carbocycles. The van der Waals surface area contributed by atoms with Crippen molar-refractivity contribution in [3.05, 3.63) is 58.7 Å². The van der Waals surface area contributed by atoms with Crippen molar-refractivity contribution in [2.75, 3.05) is 13.1 Å². The third-order valence-electron chi connectivity index (χ3n) is 6.22. The SMILES string of the molecule is CCCc1c(-c2cc(C)cc(C)c2)[nH]c2ccc(C(C)(C)C(=O)N(CC)CC)cc12. The van der Waals surface area contributed by atoms with E-state index in [-0.39, 0.29) is 5.91 Å². The van der Waals surface area contributed by atoms with Crippen LogP contribution in [0.5, 0.6) is 0 Å². The van der Waals surface area contributed by atoms with E-state index in [1.807, 2.05) is 32.6 Å². The molecule has 3 heteroatoms. The number of amides is 1. The van der Waals surface area contributed by atoms with Gasteiger partial charge in [0, 0.05) is 29.7 Å². The van der Waals surface area contributed by atoms with Crippen LogP contribution < -0.4 is 0 Å². The molecule has 0 unspecified atom stereocenters. The molecule has 0 aliphatic heterocycles. The molecule has 0 atom stereocenters. The fraction of sp³-hybridized carbons (Fsp3) is 0.444. The fourth-order valence-corrected chi connectivity index (χ4v) is 4.54. The number of fused-ring (bicyclic) bond motifs is 1. The molecule has 3 rings (SSSR count). The molecule has 30 heavy (non-hydrogen) atoms. The first-order valence-electron chi connectivity index (χ1n) is 11.3. The Morgan fingerprint density at radius 2 is 1.60 bits per heavy atom. The second kappa shape index (κ2) is 8.67. The van der Waals surface area contributed by atoms with Gasteiger partial charge >= 0.3 is 0 Å². The van der Waals surface area contributed by atoms with E-state index in [1.54, 1.807) is 0 Å². The number of nitrogens with zero attached hydrogens (tertiary/aromatic N) is 1. The second-order valence-electron chi connectivity index (χ2n) is 8.97. The summed E-state index contributed by atoms with van der Waals surface area (Å²) >= 11 is 0. The maximum absolute atomic E-state index is 13.2. The molecule has 1 aromatic heterocycles. The van der Waals surface area contributed by atoms with E-state index in [0.29, 0.717) is 0 Å². The highest BCUT2D eigenvalue weighted by Gasteiger charge is 2.33. The maximum atomic E-state index is 13.2. The lowest BCUT2D eigenvalue weighted by Gasteiger charge is -2.31. The van der Waals surface area contributed by atoms with Crippen molar-refractivity contribution in [3.63, 3.8) is 0 Å². The average molecular weight is 405 g/mol. The highest BCUT2D eigenvalue weighted by Crippen LogP contribution is 2.35. The number of nitrogens with one attached hydrogen (secondary N) is 1. The molecular formula is C27H36N2O. The second-order valence-corrected chi connectivity index (χ2v) is 8.97. The van der Waals surface area contributed by atoms with Crippen LogP contribution in [0, 0.1) is 13.8 Å². The number of rotatable bonds is 7. The van der Waals surface area contributed by atoms with E-state index in [0.717, 1.165) is 37.0 Å². The van der Waals surface area contributed by atoms with Crippen LogP contribution in [0.15, 0.2) is 36.4 Å². The van der Waals surface area contributed by atoms with Crippen molar-refractivity contribution in [1.82, 2.24) is 9.88 Å². The molecule has 0 aliphatic rings. The summed E-state index contributed by atoms with van der Waals surface area (Å²) in [4.78, 5) is 18.8. The predicted octanol–water partition coefficient (Wildman–Crippen LogP) is 6.55. The summed E-state index contributed by atoms with van der Waals surface area (Å²) in [6, 6.07) is 13.2. The zero-order chi connectivity index (χ0) is 22.1. The first-order valence-corrected chi connectivity index (χ1v) is 11.3. The number of aryl methyl sites for hydroxylation is 3. The molecule has 0 fully saturated rings. The normalized spacial score (nSPS) is 11.8. The summed E-state index contributed by atoms with van der Waals surface area (Å²) in [5, 5.41) is 1.24. The summed E-state index contributed by atoms with van der Waals surface area (Å²) < 4.78 is 0. The number of benzene rings is 2. The van der Waals surface area contributed by atoms with Crippen LogP contribution >= 0.6 is 0 Å². The minimum atomic E-state index is -0.555. The van der Waals surface area contributed by atoms with E-state index < -0.39 is 5.41 Å². The molecule has 0 radical (unpaired) electrons. The molecule has 3 aromatic rings. The van der Waals surface area contributed by atoms with Crippen LogP contribution in [0.1, 0.15) is 63.3 Å². The molecule has 1 heterocycles. The Morgan fingerprint density at radius 3 is 2.17 bits per heavy atom. The fourth-order valence-electron chi connectivity index (χ4n) is 4.54. The van der Waals surface area contributed by atoms with E-state index in [9.17, 15) is 4.79 Å². The molecule has 1 N–H and O–H groups in total. The van der Waals surface area contributed by atoms with Gasteiger partial charge in [-0.15, -0.1) is 0 Å². The van der Waals surface area contributed by atoms with Gasteiger partial charge in [0.2, 0.25) is 5.91 Å². The van der Waals surface area contributed by atoms with Crippen LogP contribution in [0.2, 0.25) is 0 Å². The van der Waals surface area contributed by atoms with E-state index in [1.165, 1.54) is 33.3 Å². The first kappa shape index (κ1) is 22.1. The summed E-state index contributed by atoms with van der Waals surface area (Å²) in [5.41, 5.74) is 8.02. The van der Waals surface area contributed by atoms with Gasteiger partial charge in [0.15, 0.2) is 0 Å². The predicted molar refractivity (Wildman–Crippen MR) is 128 cm³/mol. The third kappa shape index (κ3) is 4.03. The van der Waals surface area contributed by atoms with Gasteiger partial charge < -0.3 is 9.88 Å². The Bertz CT molecular complexity index is 1030. The number of aromatic nitrogens is 1. The van der Waals surface area contributed by atoms with Gasteiger partial charge in [0.1, 0.15) is 0 Å². The van der Waals surface area contributed by atoms with Crippen molar-refractivity contribution in [1.29, 1.82) is 0 Å². The lowest BCUT2D eigenvalue weighted by Crippen LogP contribution is -2.43. The Kier molecular flexibility index (Phi) is 6.40. The minimum absolute atomic E-state index is 0.189. The highest BCUT2D eigenvalue weighted by molar-refractivity contribution is 5.94. The summed E-state index contributed by atoms with van der Waals surface area (Å²) in [5.74, 6) is 0.189. The van der Waals surface area contributed by atoms with Crippen molar-refractivity contribution in [2.24, 2.45) is 0 Å². The molecule has 0 saturated heterocycles. The van der Waals surface area contributed by atoms with Crippen LogP contribution in [0.3, 0.4) is 0 Å². The zero-order valence-corrected chi connectivity index (χ0v) is 19.6. The summed E-state index contributed by atoms with van der Waals surface area (Å²) in [6.07, 6.45) is 2.09. The van der Waals surface area contributed by atoms with Gasteiger partial charge in [0.25, 0.3) is 0 Å². The molecule has 1 amide bonds. The van der Waals surface area contributed by atoms with Gasteiger partial charge in [-0.2, -0.15) is 0 Å². The Balaban J connectivity index is 2.16. The van der Waals surface area contributed by atoms with E-state index in [4.69, 9.17) is 0 Å². The number of hydrogen-bond donors (Lipinski definition) is 1. The Labute approximate surface area is 181 Å². The molecule has 0 spiro atoms. The zero-order valence-electron chi connectivity index (χ0n) is 19.6. The number of carbonyl (C=O) groups excluding carboxylic acids is 1. The maximum Gasteiger partial charge on any atom is 0.232 e. The quantitative estimate of drug-likeness (QED) is 0.476. The minimum Gasteiger partial charge on any atom is -0.354 e. The van der Waals surface area contributed by atoms with Crippen LogP contribution in [0.25, 0.3) is 22.2 Å². The van der Waals surface area contributed by atoms with Gasteiger partial charge in [0.05, 0.1) is 5.41 Å². The molecule has 2 aromatic carbocycles. The van der Waals surface area contributed by atoms with Gasteiger partial charge in [-0.05, 0) is 88.9 Å². The van der Waals surface area contributed by atoms with Gasteiger partial charge in [-0.1, -0.05) is 36.6 Å². The summed E-state index contributed by atoms with van der Waals surface area (Å²) in [6.45, 7) is 16.2. The molecule has 0 saturated carbocycles. The van der Waals surface area contributed by atoms with Crippen LogP contribution in [-0.4, -0.2) is 28.9 Å². The lowest BCUT2D eigenvalue weighted by molar-refractivity contribution is -0.135. The standard InChI is InChI=1S/C27H36N2O/c1-8-11-22-23-17-21(27(6,7)26(30)29(9-2)10-3)12-13-24(23)28-25(22)20-15-18(4)14-19(5)16-20/h12-17,28H,8-11H2,1-7H3. The van der Waals surface area contributed by atoms with Gasteiger partial charge in [-0.3, -0.25) is 4.79 Å². The van der Waals surface area contributed by atoms with Crippen molar-refractivity contribution in [3.8, 4) is 11.3 Å². The number of hydrogen-bond acceptors (Lipinski definition) is 1. The van der Waals surface area contributed by atoms with Crippen LogP contribution in [-0.2, 0) is 16.6 Å². The van der Waals surface area contributed by atoms with Crippen LogP contribution in [0.4, 0.5) is 0 Å². The van der Waals surface area contributed by atoms with E-state index in [2.05, 4.69) is 62.2 Å². The number of H-pyrrole nitrogens is 1. The Hall–Kier alpha value is -2.55. The number of carbonyl (C=O) groups is 1. The third-order valence-corrected chi connectivity index (χ3v) is 6.22. The first-order chi connectivity index (χ1) is 14.2. The molecule has 160 valence electrons. The average Bonchev–Trinajstić information content (AvgIpc) is 3.06. The topological polar surface area (TPSA) is 36.1 Å². The van der Waals surface area contributed by atoms with Crippen molar-refractivity contribution in [2.45, 2.75) is 66.7 Å². The molecule has 0 bridgehead atoms. The monoisotopic (exact) mass is 404 g/mol. The van der Waals surface area contributed by atoms with Crippen molar-refractivity contribution < 1.29 is 4.79 Å². The molecule has 3 nitrogen and oxygen atoms in total. The number of likely N-dealkylation sites (N-methyl/N-ethyl adjacent to an activating group) is 1. The highest BCUT2D eigenvalue weighted by atomic mass is 16.2. The van der Waals surface area contributed by atoms with Crippen molar-refractivity contribution >= 4 is 16.8 Å². The molecular weight excluding hydrogens is 368 g/mol. The largest absolute Gasteiger partial charge is 0.354 e. The number of aromatic amines is 1. The summed E-state index contributed by atoms with van der Waals surface area (Å²) in [7, 11) is 0. The lowest BCUT2D eigenvalue weighted by atomic mass is 9.82. The smallest absolute Gasteiger partial charge is 0.232 e. The van der Waals surface area contributed by atoms with Gasteiger partial charge in [-0.25, -0.2) is 0 Å². The Morgan fingerprint density at radius 1 is 0.967 bits per heavy atom.